The van der Waals surface area contributed by atoms with E-state index < -0.39 is 5.97 Å². The zero-order chi connectivity index (χ0) is 25.0. The molecule has 0 saturated carbocycles. The molecule has 0 aromatic rings. The van der Waals surface area contributed by atoms with E-state index in [1.54, 1.807) is 0 Å². The molecular weight excluding hydrogens is 416 g/mol. The Hall–Kier alpha value is -0.530. The maximum atomic E-state index is 10.5. The van der Waals surface area contributed by atoms with Gasteiger partial charge in [0.1, 0.15) is 0 Å². The lowest BCUT2D eigenvalue weighted by Crippen LogP contribution is -2.01. The van der Waals surface area contributed by atoms with Crippen LogP contribution in [0.5, 0.6) is 0 Å². The Morgan fingerprint density at radius 1 is 0.441 bits per heavy atom. The van der Waals surface area contributed by atoms with Crippen LogP contribution >= 0.6 is 0 Å². The third-order valence-electron chi connectivity index (χ3n) is 7.68. The van der Waals surface area contributed by atoms with Gasteiger partial charge in [0.2, 0.25) is 0 Å². The van der Waals surface area contributed by atoms with Gasteiger partial charge in [-0.15, -0.1) is 0 Å². The Balaban J connectivity index is 3.53. The molecule has 34 heavy (non-hydrogen) atoms. The van der Waals surface area contributed by atoms with E-state index in [4.69, 9.17) is 5.11 Å². The van der Waals surface area contributed by atoms with Crippen molar-refractivity contribution in [2.45, 2.75) is 194 Å². The molecular formula is C32H64O2. The van der Waals surface area contributed by atoms with Crippen molar-refractivity contribution in [1.29, 1.82) is 0 Å². The van der Waals surface area contributed by atoms with Gasteiger partial charge in [-0.3, -0.25) is 4.79 Å². The van der Waals surface area contributed by atoms with E-state index >= 15 is 0 Å². The van der Waals surface area contributed by atoms with Gasteiger partial charge in [-0.25, -0.2) is 0 Å². The fourth-order valence-corrected chi connectivity index (χ4v) is 5.34. The summed E-state index contributed by atoms with van der Waals surface area (Å²) in [5.41, 5.74) is 0. The molecule has 0 aliphatic carbocycles. The van der Waals surface area contributed by atoms with Gasteiger partial charge >= 0.3 is 5.97 Å². The first-order valence-electron chi connectivity index (χ1n) is 15.9. The van der Waals surface area contributed by atoms with Crippen LogP contribution in [0, 0.1) is 5.92 Å². The third kappa shape index (κ3) is 27.7. The fourth-order valence-electron chi connectivity index (χ4n) is 5.34. The molecule has 0 amide bonds. The minimum absolute atomic E-state index is 0.346. The largest absolute Gasteiger partial charge is 0.481 e. The van der Waals surface area contributed by atoms with Crippen LogP contribution in [0.2, 0.25) is 0 Å². The molecule has 0 aliphatic rings. The van der Waals surface area contributed by atoms with E-state index in [1.807, 2.05) is 0 Å². The van der Waals surface area contributed by atoms with Crippen LogP contribution in [0.25, 0.3) is 0 Å². The van der Waals surface area contributed by atoms with Gasteiger partial charge < -0.3 is 5.11 Å². The number of aliphatic carboxylic acids is 1. The number of carboxylic acids is 1. The van der Waals surface area contributed by atoms with Gasteiger partial charge in [0.25, 0.3) is 0 Å². The molecule has 0 fully saturated rings. The monoisotopic (exact) mass is 480 g/mol. The minimum Gasteiger partial charge on any atom is -0.481 e. The van der Waals surface area contributed by atoms with Crippen LogP contribution in [-0.4, -0.2) is 11.1 Å². The summed E-state index contributed by atoms with van der Waals surface area (Å²) in [4.78, 5) is 10.5. The topological polar surface area (TPSA) is 37.3 Å². The molecule has 1 N–H and O–H groups in total. The third-order valence-corrected chi connectivity index (χ3v) is 7.68. The summed E-state index contributed by atoms with van der Waals surface area (Å²) in [5.74, 6) is 0.366. The molecule has 0 aliphatic heterocycles. The molecule has 1 unspecified atom stereocenters. The molecule has 0 heterocycles. The number of rotatable bonds is 29. The highest BCUT2D eigenvalue weighted by molar-refractivity contribution is 5.66. The Morgan fingerprint density at radius 2 is 0.706 bits per heavy atom. The molecule has 0 spiro atoms. The molecule has 1 atom stereocenters. The van der Waals surface area contributed by atoms with Crippen molar-refractivity contribution >= 4 is 5.97 Å². The number of unbranched alkanes of at least 4 members (excludes halogenated alkanes) is 21. The molecule has 0 rings (SSSR count). The Bertz CT molecular complexity index is 392. The van der Waals surface area contributed by atoms with Crippen LogP contribution in [0.1, 0.15) is 194 Å². The Morgan fingerprint density at radius 3 is 1.03 bits per heavy atom. The summed E-state index contributed by atoms with van der Waals surface area (Å²) in [6.45, 7) is 4.63. The molecule has 2 nitrogen and oxygen atoms in total. The molecule has 0 radical (unpaired) electrons. The van der Waals surface area contributed by atoms with Crippen molar-refractivity contribution in [3.05, 3.63) is 0 Å². The summed E-state index contributed by atoms with van der Waals surface area (Å²) >= 11 is 0. The first-order chi connectivity index (χ1) is 16.7. The van der Waals surface area contributed by atoms with Gasteiger partial charge in [-0.2, -0.15) is 0 Å². The second-order valence-electron chi connectivity index (χ2n) is 11.2. The van der Waals surface area contributed by atoms with Crippen molar-refractivity contribution in [2.75, 3.05) is 0 Å². The number of hydrogen-bond acceptors (Lipinski definition) is 1. The van der Waals surface area contributed by atoms with Crippen molar-refractivity contribution in [2.24, 2.45) is 5.92 Å². The van der Waals surface area contributed by atoms with E-state index in [9.17, 15) is 4.79 Å². The lowest BCUT2D eigenvalue weighted by Gasteiger charge is -2.17. The Labute approximate surface area is 215 Å². The van der Waals surface area contributed by atoms with Crippen LogP contribution in [0.3, 0.4) is 0 Å². The minimum atomic E-state index is -0.648. The van der Waals surface area contributed by atoms with Gasteiger partial charge in [0.05, 0.1) is 0 Å². The summed E-state index contributed by atoms with van der Waals surface area (Å²) in [7, 11) is 0. The molecule has 204 valence electrons. The second kappa shape index (κ2) is 28.7. The number of carbonyl (C=O) groups is 1. The number of hydrogen-bond donors (Lipinski definition) is 1. The van der Waals surface area contributed by atoms with Crippen LogP contribution in [0.4, 0.5) is 0 Å². The zero-order valence-corrected chi connectivity index (χ0v) is 23.7. The quantitative estimate of drug-likeness (QED) is 0.108. The average Bonchev–Trinajstić information content (AvgIpc) is 2.82. The molecule has 0 saturated heterocycles. The summed E-state index contributed by atoms with van der Waals surface area (Å²) in [6.07, 6.45) is 37.9. The van der Waals surface area contributed by atoms with Gasteiger partial charge in [-0.1, -0.05) is 181 Å². The predicted molar refractivity (Wildman–Crippen MR) is 152 cm³/mol. The maximum absolute atomic E-state index is 10.5. The van der Waals surface area contributed by atoms with Crippen LogP contribution in [0.15, 0.2) is 0 Å². The predicted octanol–water partition coefficient (Wildman–Crippen LogP) is 11.6. The fraction of sp³-hybridized carbons (Fsp3) is 0.969. The lowest BCUT2D eigenvalue weighted by molar-refractivity contribution is -0.137. The highest BCUT2D eigenvalue weighted by Crippen LogP contribution is 2.24. The van der Waals surface area contributed by atoms with E-state index in [2.05, 4.69) is 13.8 Å². The average molecular weight is 481 g/mol. The zero-order valence-electron chi connectivity index (χ0n) is 23.7. The van der Waals surface area contributed by atoms with E-state index in [-0.39, 0.29) is 0 Å². The van der Waals surface area contributed by atoms with E-state index in [0.717, 1.165) is 18.8 Å². The lowest BCUT2D eigenvalue weighted by atomic mass is 9.89. The van der Waals surface area contributed by atoms with Crippen LogP contribution < -0.4 is 0 Å². The van der Waals surface area contributed by atoms with Gasteiger partial charge in [0.15, 0.2) is 0 Å². The normalized spacial score (nSPS) is 12.3. The summed E-state index contributed by atoms with van der Waals surface area (Å²) < 4.78 is 0. The van der Waals surface area contributed by atoms with Crippen LogP contribution in [-0.2, 0) is 4.79 Å². The van der Waals surface area contributed by atoms with Crippen molar-refractivity contribution in [3.63, 3.8) is 0 Å². The van der Waals surface area contributed by atoms with Gasteiger partial charge in [-0.05, 0) is 12.3 Å². The standard InChI is InChI=1S/C32H64O2/c1-3-5-7-9-20-24-28-31(27-23-8-6-4-2)29-25-21-18-16-14-12-10-11-13-15-17-19-22-26-30-32(33)34/h31H,3-30H2,1-2H3,(H,33,34). The maximum Gasteiger partial charge on any atom is 0.303 e. The molecule has 2 heteroatoms. The smallest absolute Gasteiger partial charge is 0.303 e. The SMILES string of the molecule is CCCCCCCCC(CCCCCC)CCCCCCCCCCCCCCCCC(=O)O. The highest BCUT2D eigenvalue weighted by atomic mass is 16.4. The van der Waals surface area contributed by atoms with Crippen molar-refractivity contribution in [3.8, 4) is 0 Å². The van der Waals surface area contributed by atoms with E-state index in [0.29, 0.717) is 6.42 Å². The second-order valence-corrected chi connectivity index (χ2v) is 11.2. The summed E-state index contributed by atoms with van der Waals surface area (Å²) in [6, 6.07) is 0. The molecule has 0 aromatic heterocycles. The molecule has 0 bridgehead atoms. The van der Waals surface area contributed by atoms with Crippen molar-refractivity contribution in [1.82, 2.24) is 0 Å². The van der Waals surface area contributed by atoms with E-state index in [1.165, 1.54) is 161 Å². The van der Waals surface area contributed by atoms with Gasteiger partial charge in [0, 0.05) is 6.42 Å². The first-order valence-corrected chi connectivity index (χ1v) is 15.9. The first kappa shape index (κ1) is 33.5. The Kier molecular flexibility index (Phi) is 28.3. The van der Waals surface area contributed by atoms with Crippen molar-refractivity contribution < 1.29 is 9.90 Å². The highest BCUT2D eigenvalue weighted by Gasteiger charge is 2.08. The summed E-state index contributed by atoms with van der Waals surface area (Å²) in [5, 5.41) is 8.64. The number of carboxylic acid groups (broad SMARTS) is 1. The molecule has 0 aromatic carbocycles.